The molecule has 4 rings (SSSR count). The molecule has 9 heteroatoms. The lowest BCUT2D eigenvalue weighted by Gasteiger charge is -2.15. The van der Waals surface area contributed by atoms with E-state index in [1.54, 1.807) is 6.07 Å². The minimum Gasteiger partial charge on any atom is -0.406 e. The molecule has 0 amide bonds. The average molecular weight is 393 g/mol. The largest absolute Gasteiger partial charge is 0.573 e. The number of anilines is 2. The highest BCUT2D eigenvalue weighted by Gasteiger charge is 2.31. The Morgan fingerprint density at radius 2 is 1.86 bits per heavy atom. The molecule has 2 aliphatic rings. The number of halogens is 3. The van der Waals surface area contributed by atoms with Crippen LogP contribution in [0.2, 0.25) is 0 Å². The second-order valence-corrected chi connectivity index (χ2v) is 7.48. The van der Waals surface area contributed by atoms with Crippen molar-refractivity contribution in [3.63, 3.8) is 0 Å². The van der Waals surface area contributed by atoms with Crippen molar-refractivity contribution >= 4 is 11.9 Å². The molecule has 1 atom stereocenters. The highest BCUT2D eigenvalue weighted by Crippen LogP contribution is 2.34. The predicted molar refractivity (Wildman–Crippen MR) is 99.0 cm³/mol. The van der Waals surface area contributed by atoms with Crippen molar-refractivity contribution < 1.29 is 17.9 Å². The molecular formula is C19H22F3N5O. The third-order valence-corrected chi connectivity index (χ3v) is 4.89. The van der Waals surface area contributed by atoms with Crippen molar-refractivity contribution in [1.82, 2.24) is 15.0 Å². The number of alkyl halides is 3. The Hall–Kier alpha value is -2.58. The third-order valence-electron chi connectivity index (χ3n) is 4.89. The van der Waals surface area contributed by atoms with Crippen LogP contribution < -0.4 is 15.4 Å². The van der Waals surface area contributed by atoms with Gasteiger partial charge in [0.1, 0.15) is 5.75 Å². The summed E-state index contributed by atoms with van der Waals surface area (Å²) in [6, 6.07) is 5.89. The number of nitrogens with zero attached hydrogens (tertiary/aromatic N) is 3. The number of aromatic nitrogens is 3. The first kappa shape index (κ1) is 18.8. The van der Waals surface area contributed by atoms with Gasteiger partial charge in [0.05, 0.1) is 0 Å². The third kappa shape index (κ3) is 5.24. The summed E-state index contributed by atoms with van der Waals surface area (Å²) in [4.78, 5) is 13.3. The smallest absolute Gasteiger partial charge is 0.406 e. The Morgan fingerprint density at radius 3 is 2.54 bits per heavy atom. The van der Waals surface area contributed by atoms with Crippen LogP contribution in [0, 0.1) is 11.8 Å². The van der Waals surface area contributed by atoms with Crippen LogP contribution in [0.1, 0.15) is 32.6 Å². The van der Waals surface area contributed by atoms with Gasteiger partial charge >= 0.3 is 6.36 Å². The van der Waals surface area contributed by atoms with E-state index in [9.17, 15) is 13.2 Å². The summed E-state index contributed by atoms with van der Waals surface area (Å²) in [5.41, 5.74) is 0.431. The Balaban J connectivity index is 1.60. The molecule has 150 valence electrons. The van der Waals surface area contributed by atoms with Crippen molar-refractivity contribution in [3.8, 4) is 17.1 Å². The number of ether oxygens (including phenoxy) is 1. The van der Waals surface area contributed by atoms with Crippen molar-refractivity contribution in [2.45, 2.75) is 45.0 Å². The van der Waals surface area contributed by atoms with Crippen LogP contribution in [0.15, 0.2) is 24.3 Å². The molecule has 6 nitrogen and oxygen atoms in total. The minimum atomic E-state index is -4.75. The van der Waals surface area contributed by atoms with E-state index in [0.717, 1.165) is 6.54 Å². The second kappa shape index (κ2) is 7.44. The quantitative estimate of drug-likeness (QED) is 0.690. The number of hydrogen-bond acceptors (Lipinski definition) is 6. The van der Waals surface area contributed by atoms with Gasteiger partial charge in [-0.05, 0) is 56.6 Å². The van der Waals surface area contributed by atoms with E-state index in [1.165, 1.54) is 43.9 Å². The van der Waals surface area contributed by atoms with Crippen LogP contribution in [0.4, 0.5) is 25.1 Å². The van der Waals surface area contributed by atoms with Gasteiger partial charge in [0.2, 0.25) is 11.9 Å². The fourth-order valence-corrected chi connectivity index (χ4v) is 2.96. The van der Waals surface area contributed by atoms with Crippen LogP contribution >= 0.6 is 0 Å². The van der Waals surface area contributed by atoms with Crippen molar-refractivity contribution in [1.29, 1.82) is 0 Å². The molecule has 2 N–H and O–H groups in total. The Bertz CT molecular complexity index is 837. The molecule has 28 heavy (non-hydrogen) atoms. The molecule has 1 aromatic carbocycles. The maximum atomic E-state index is 12.5. The molecule has 0 radical (unpaired) electrons. The van der Waals surface area contributed by atoms with E-state index in [-0.39, 0.29) is 11.8 Å². The van der Waals surface area contributed by atoms with E-state index < -0.39 is 6.36 Å². The second-order valence-electron chi connectivity index (χ2n) is 7.48. The van der Waals surface area contributed by atoms with E-state index >= 15 is 0 Å². The molecule has 2 aliphatic carbocycles. The number of hydrogen-bond donors (Lipinski definition) is 2. The summed E-state index contributed by atoms with van der Waals surface area (Å²) < 4.78 is 41.6. The fourth-order valence-electron chi connectivity index (χ4n) is 2.96. The average Bonchev–Trinajstić information content (AvgIpc) is 3.53. The van der Waals surface area contributed by atoms with Gasteiger partial charge in [-0.1, -0.05) is 12.1 Å². The van der Waals surface area contributed by atoms with Crippen LogP contribution in [0.5, 0.6) is 5.75 Å². The number of rotatable bonds is 8. The van der Waals surface area contributed by atoms with Gasteiger partial charge in [0.15, 0.2) is 5.82 Å². The molecule has 0 bridgehead atoms. The summed E-state index contributed by atoms with van der Waals surface area (Å²) in [6.07, 6.45) is -0.0241. The van der Waals surface area contributed by atoms with Gasteiger partial charge in [0.25, 0.3) is 0 Å². The minimum absolute atomic E-state index is 0.228. The maximum absolute atomic E-state index is 12.5. The molecule has 1 unspecified atom stereocenters. The lowest BCUT2D eigenvalue weighted by molar-refractivity contribution is -0.274. The standard InChI is InChI=1S/C19H22F3N5O/c1-11(13-7-8-13)24-18-26-16(25-17(27-18)23-10-12-5-6-12)14-3-2-4-15(9-14)28-19(20,21)22/h2-4,9,11-13H,5-8,10H2,1H3,(H2,23,24,25,26,27). The van der Waals surface area contributed by atoms with Crippen LogP contribution in [-0.2, 0) is 0 Å². The molecular weight excluding hydrogens is 371 g/mol. The van der Waals surface area contributed by atoms with Crippen molar-refractivity contribution in [3.05, 3.63) is 24.3 Å². The van der Waals surface area contributed by atoms with Gasteiger partial charge in [0, 0.05) is 18.2 Å². The molecule has 0 aliphatic heterocycles. The molecule has 2 fully saturated rings. The molecule has 1 aromatic heterocycles. The van der Waals surface area contributed by atoms with E-state index in [4.69, 9.17) is 0 Å². The van der Waals surface area contributed by atoms with Crippen LogP contribution in [0.25, 0.3) is 11.4 Å². The maximum Gasteiger partial charge on any atom is 0.573 e. The molecule has 2 aromatic rings. The number of nitrogens with one attached hydrogen (secondary N) is 2. The molecule has 2 saturated carbocycles. The van der Waals surface area contributed by atoms with Gasteiger partial charge in [-0.25, -0.2) is 0 Å². The zero-order valence-corrected chi connectivity index (χ0v) is 15.5. The summed E-state index contributed by atoms with van der Waals surface area (Å²) in [6.45, 7) is 2.86. The fraction of sp³-hybridized carbons (Fsp3) is 0.526. The van der Waals surface area contributed by atoms with E-state index in [2.05, 4.69) is 37.2 Å². The van der Waals surface area contributed by atoms with Gasteiger partial charge in [-0.3, -0.25) is 0 Å². The molecule has 1 heterocycles. The SMILES string of the molecule is CC(Nc1nc(NCC2CC2)nc(-c2cccc(OC(F)(F)F)c2)n1)C1CC1. The van der Waals surface area contributed by atoms with Gasteiger partial charge in [-0.15, -0.1) is 13.2 Å². The Labute approximate surface area is 160 Å². The monoisotopic (exact) mass is 393 g/mol. The lowest BCUT2D eigenvalue weighted by Crippen LogP contribution is -2.20. The van der Waals surface area contributed by atoms with Crippen LogP contribution in [0.3, 0.4) is 0 Å². The first-order valence-electron chi connectivity index (χ1n) is 9.48. The van der Waals surface area contributed by atoms with E-state index in [1.807, 2.05) is 0 Å². The van der Waals surface area contributed by atoms with Gasteiger partial charge < -0.3 is 15.4 Å². The summed E-state index contributed by atoms with van der Waals surface area (Å²) in [5.74, 6) is 2.07. The highest BCUT2D eigenvalue weighted by atomic mass is 19.4. The summed E-state index contributed by atoms with van der Waals surface area (Å²) in [5, 5.41) is 6.51. The zero-order valence-electron chi connectivity index (χ0n) is 15.5. The topological polar surface area (TPSA) is 72.0 Å². The van der Waals surface area contributed by atoms with Crippen molar-refractivity contribution in [2.24, 2.45) is 11.8 Å². The van der Waals surface area contributed by atoms with Crippen molar-refractivity contribution in [2.75, 3.05) is 17.2 Å². The zero-order chi connectivity index (χ0) is 19.7. The normalized spacial score (nSPS) is 17.9. The molecule has 0 saturated heterocycles. The highest BCUT2D eigenvalue weighted by molar-refractivity contribution is 5.60. The lowest BCUT2D eigenvalue weighted by atomic mass is 10.2. The Morgan fingerprint density at radius 1 is 1.11 bits per heavy atom. The van der Waals surface area contributed by atoms with Crippen LogP contribution in [-0.4, -0.2) is 33.9 Å². The first-order valence-corrected chi connectivity index (χ1v) is 9.48. The number of benzene rings is 1. The van der Waals surface area contributed by atoms with Gasteiger partial charge in [-0.2, -0.15) is 15.0 Å². The predicted octanol–water partition coefficient (Wildman–Crippen LogP) is 4.47. The van der Waals surface area contributed by atoms with E-state index in [0.29, 0.717) is 35.1 Å². The molecule has 0 spiro atoms. The first-order chi connectivity index (χ1) is 13.4. The summed E-state index contributed by atoms with van der Waals surface area (Å²) in [7, 11) is 0. The summed E-state index contributed by atoms with van der Waals surface area (Å²) >= 11 is 0. The Kier molecular flexibility index (Phi) is 4.99.